The van der Waals surface area contributed by atoms with Gasteiger partial charge in [0, 0.05) is 12.6 Å². The molecule has 0 unspecified atom stereocenters. The summed E-state index contributed by atoms with van der Waals surface area (Å²) >= 11 is 0. The van der Waals surface area contributed by atoms with E-state index in [1.54, 1.807) is 0 Å². The van der Waals surface area contributed by atoms with E-state index >= 15 is 0 Å². The maximum atomic E-state index is 8.99. The molecule has 0 atom stereocenters. The van der Waals surface area contributed by atoms with Crippen molar-refractivity contribution in [3.8, 4) is 11.8 Å². The minimum atomic E-state index is 0.143. The zero-order valence-electron chi connectivity index (χ0n) is 13.3. The van der Waals surface area contributed by atoms with Crippen LogP contribution < -0.4 is 4.74 Å². The van der Waals surface area contributed by atoms with E-state index in [9.17, 15) is 0 Å². The third kappa shape index (κ3) is 3.75. The normalized spacial score (nSPS) is 11.3. The Morgan fingerprint density at radius 1 is 1.29 bits per heavy atom. The van der Waals surface area contributed by atoms with Crippen molar-refractivity contribution in [2.45, 2.75) is 53.2 Å². The lowest BCUT2D eigenvalue weighted by molar-refractivity contribution is 0.242. The predicted molar refractivity (Wildman–Crippen MR) is 84.3 cm³/mol. The molecule has 0 amide bonds. The van der Waals surface area contributed by atoms with Crippen molar-refractivity contribution in [1.82, 2.24) is 9.55 Å². The highest BCUT2D eigenvalue weighted by Gasteiger charge is 2.12. The van der Waals surface area contributed by atoms with E-state index in [4.69, 9.17) is 10.00 Å². The molecule has 0 N–H and O–H groups in total. The van der Waals surface area contributed by atoms with Crippen molar-refractivity contribution in [3.05, 3.63) is 24.0 Å². The number of fused-ring (bicyclic) bond motifs is 1. The molecule has 1 aromatic carbocycles. The Bertz CT molecular complexity index is 650. The van der Waals surface area contributed by atoms with Crippen molar-refractivity contribution in [1.29, 1.82) is 5.26 Å². The second-order valence-electron chi connectivity index (χ2n) is 6.01. The Morgan fingerprint density at radius 3 is 2.67 bits per heavy atom. The molecule has 112 valence electrons. The zero-order chi connectivity index (χ0) is 15.4. The van der Waals surface area contributed by atoms with Crippen LogP contribution in [0.15, 0.2) is 18.2 Å². The van der Waals surface area contributed by atoms with E-state index < -0.39 is 0 Å². The summed E-state index contributed by atoms with van der Waals surface area (Å²) < 4.78 is 7.88. The summed E-state index contributed by atoms with van der Waals surface area (Å²) in [4.78, 5) is 4.61. The van der Waals surface area contributed by atoms with Crippen molar-refractivity contribution in [2.24, 2.45) is 5.92 Å². The number of aromatic nitrogens is 2. The molecule has 0 spiro atoms. The fourth-order valence-electron chi connectivity index (χ4n) is 2.35. The Hall–Kier alpha value is -2.02. The first-order chi connectivity index (χ1) is 10.0. The third-order valence-electron chi connectivity index (χ3n) is 3.34. The van der Waals surface area contributed by atoms with Crippen LogP contribution in [0.25, 0.3) is 11.0 Å². The first-order valence-electron chi connectivity index (χ1n) is 7.54. The summed E-state index contributed by atoms with van der Waals surface area (Å²) in [5, 5.41) is 8.99. The molecular weight excluding hydrogens is 262 g/mol. The molecule has 21 heavy (non-hydrogen) atoms. The summed E-state index contributed by atoms with van der Waals surface area (Å²) in [5.41, 5.74) is 1.99. The predicted octanol–water partition coefficient (Wildman–Crippen LogP) is 3.94. The van der Waals surface area contributed by atoms with Crippen LogP contribution >= 0.6 is 0 Å². The average molecular weight is 285 g/mol. The molecule has 0 aliphatic rings. The molecule has 2 aromatic rings. The molecular formula is C17H23N3O. The first kappa shape index (κ1) is 15.4. The highest BCUT2D eigenvalue weighted by molar-refractivity contribution is 5.78. The molecule has 0 saturated carbocycles. The van der Waals surface area contributed by atoms with Crippen molar-refractivity contribution in [2.75, 3.05) is 0 Å². The number of benzene rings is 1. The molecule has 0 saturated heterocycles. The van der Waals surface area contributed by atoms with Gasteiger partial charge in [0.05, 0.1) is 29.6 Å². The SMILES string of the molecule is CC(C)CCn1c(CC#N)nc2cc(OC(C)C)ccc21. The average Bonchev–Trinajstić information content (AvgIpc) is 2.72. The number of ether oxygens (including phenoxy) is 1. The van der Waals surface area contributed by atoms with E-state index in [2.05, 4.69) is 29.5 Å². The van der Waals surface area contributed by atoms with E-state index in [0.29, 0.717) is 12.3 Å². The van der Waals surface area contributed by atoms with Gasteiger partial charge in [0.2, 0.25) is 0 Å². The molecule has 2 rings (SSSR count). The van der Waals surface area contributed by atoms with E-state index in [1.807, 2.05) is 32.0 Å². The van der Waals surface area contributed by atoms with Crippen LogP contribution in [-0.2, 0) is 13.0 Å². The monoisotopic (exact) mass is 285 g/mol. The topological polar surface area (TPSA) is 50.8 Å². The Labute approximate surface area is 126 Å². The summed E-state index contributed by atoms with van der Waals surface area (Å²) in [5.74, 6) is 2.30. The number of aryl methyl sites for hydroxylation is 1. The van der Waals surface area contributed by atoms with Crippen molar-refractivity contribution >= 4 is 11.0 Å². The van der Waals surface area contributed by atoms with E-state index in [0.717, 1.165) is 35.6 Å². The van der Waals surface area contributed by atoms with Gasteiger partial charge in [-0.25, -0.2) is 4.98 Å². The molecule has 4 nitrogen and oxygen atoms in total. The van der Waals surface area contributed by atoms with Gasteiger partial charge in [-0.3, -0.25) is 0 Å². The summed E-state index contributed by atoms with van der Waals surface area (Å²) in [6.45, 7) is 9.32. The molecule has 0 aliphatic heterocycles. The quantitative estimate of drug-likeness (QED) is 0.808. The van der Waals surface area contributed by atoms with Gasteiger partial charge in [0.15, 0.2) is 0 Å². The molecule has 0 fully saturated rings. The van der Waals surface area contributed by atoms with Gasteiger partial charge < -0.3 is 9.30 Å². The Balaban J connectivity index is 2.39. The third-order valence-corrected chi connectivity index (χ3v) is 3.34. The van der Waals surface area contributed by atoms with Gasteiger partial charge in [-0.2, -0.15) is 5.26 Å². The molecule has 1 aromatic heterocycles. The standard InChI is InChI=1S/C17H23N3O/c1-12(2)8-10-20-16-6-5-14(21-13(3)4)11-15(16)19-17(20)7-9-18/h5-6,11-13H,7-8,10H2,1-4H3. The van der Waals surface area contributed by atoms with Crippen molar-refractivity contribution in [3.63, 3.8) is 0 Å². The van der Waals surface area contributed by atoms with Gasteiger partial charge in [0.25, 0.3) is 0 Å². The Morgan fingerprint density at radius 2 is 2.05 bits per heavy atom. The van der Waals surface area contributed by atoms with Gasteiger partial charge >= 0.3 is 0 Å². The fourth-order valence-corrected chi connectivity index (χ4v) is 2.35. The number of rotatable bonds is 6. The Kier molecular flexibility index (Phi) is 4.85. The largest absolute Gasteiger partial charge is 0.491 e. The van der Waals surface area contributed by atoms with Crippen LogP contribution in [0.4, 0.5) is 0 Å². The molecule has 0 aliphatic carbocycles. The fraction of sp³-hybridized carbons (Fsp3) is 0.529. The van der Waals surface area contributed by atoms with Crippen LogP contribution in [-0.4, -0.2) is 15.7 Å². The zero-order valence-corrected chi connectivity index (χ0v) is 13.3. The first-order valence-corrected chi connectivity index (χ1v) is 7.54. The highest BCUT2D eigenvalue weighted by atomic mass is 16.5. The molecule has 1 heterocycles. The lowest BCUT2D eigenvalue weighted by Crippen LogP contribution is -2.06. The second kappa shape index (κ2) is 6.62. The maximum Gasteiger partial charge on any atom is 0.124 e. The second-order valence-corrected chi connectivity index (χ2v) is 6.01. The van der Waals surface area contributed by atoms with E-state index in [1.165, 1.54) is 0 Å². The summed E-state index contributed by atoms with van der Waals surface area (Å²) in [6, 6.07) is 8.19. The van der Waals surface area contributed by atoms with Crippen molar-refractivity contribution < 1.29 is 4.74 Å². The van der Waals surface area contributed by atoms with Crippen LogP contribution in [0.5, 0.6) is 5.75 Å². The molecule has 0 bridgehead atoms. The minimum Gasteiger partial charge on any atom is -0.491 e. The van der Waals surface area contributed by atoms with Crippen LogP contribution in [0.3, 0.4) is 0 Å². The van der Waals surface area contributed by atoms with Gasteiger partial charge in [0.1, 0.15) is 11.6 Å². The number of nitriles is 1. The van der Waals surface area contributed by atoms with Gasteiger partial charge in [-0.05, 0) is 38.3 Å². The highest BCUT2D eigenvalue weighted by Crippen LogP contribution is 2.24. The maximum absolute atomic E-state index is 8.99. The van der Waals surface area contributed by atoms with Crippen LogP contribution in [0.2, 0.25) is 0 Å². The summed E-state index contributed by atoms with van der Waals surface area (Å²) in [7, 11) is 0. The van der Waals surface area contributed by atoms with Gasteiger partial charge in [-0.1, -0.05) is 13.8 Å². The summed E-state index contributed by atoms with van der Waals surface area (Å²) in [6.07, 6.45) is 1.56. The minimum absolute atomic E-state index is 0.143. The molecule has 4 heteroatoms. The van der Waals surface area contributed by atoms with E-state index in [-0.39, 0.29) is 6.10 Å². The number of nitrogens with zero attached hydrogens (tertiary/aromatic N) is 3. The lowest BCUT2D eigenvalue weighted by Gasteiger charge is -2.11. The van der Waals surface area contributed by atoms with Crippen LogP contribution in [0.1, 0.15) is 39.9 Å². The number of imidazole rings is 1. The lowest BCUT2D eigenvalue weighted by atomic mass is 10.1. The van der Waals surface area contributed by atoms with Gasteiger partial charge in [-0.15, -0.1) is 0 Å². The smallest absolute Gasteiger partial charge is 0.124 e. The van der Waals surface area contributed by atoms with Crippen LogP contribution in [0, 0.1) is 17.2 Å². The molecule has 0 radical (unpaired) electrons. The number of hydrogen-bond acceptors (Lipinski definition) is 3. The number of hydrogen-bond donors (Lipinski definition) is 0.